The monoisotopic (exact) mass is 247 g/mol. The van der Waals surface area contributed by atoms with Crippen molar-refractivity contribution in [2.45, 2.75) is 32.2 Å². The molecule has 1 fully saturated rings. The van der Waals surface area contributed by atoms with E-state index in [0.717, 1.165) is 19.4 Å². The van der Waals surface area contributed by atoms with Crippen LogP contribution < -0.4 is 5.32 Å². The Morgan fingerprint density at radius 2 is 2.11 bits per heavy atom. The number of methoxy groups -OCH3 is 1. The highest BCUT2D eigenvalue weighted by atomic mass is 16.5. The van der Waals surface area contributed by atoms with Gasteiger partial charge in [-0.3, -0.25) is 4.79 Å². The molecule has 2 rings (SSSR count). The van der Waals surface area contributed by atoms with Crippen LogP contribution in [0.1, 0.15) is 24.5 Å². The van der Waals surface area contributed by atoms with Crippen LogP contribution >= 0.6 is 0 Å². The van der Waals surface area contributed by atoms with Crippen molar-refractivity contribution in [3.05, 3.63) is 35.4 Å². The first-order valence-corrected chi connectivity index (χ1v) is 6.42. The van der Waals surface area contributed by atoms with Gasteiger partial charge < -0.3 is 10.1 Å². The molecule has 1 heterocycles. The first-order chi connectivity index (χ1) is 8.53. The van der Waals surface area contributed by atoms with E-state index in [0.29, 0.717) is 5.92 Å². The molecule has 1 aromatic rings. The maximum Gasteiger partial charge on any atom is 0.325 e. The summed E-state index contributed by atoms with van der Waals surface area (Å²) in [5.74, 6) is 0.339. The second-order valence-corrected chi connectivity index (χ2v) is 5.46. The highest BCUT2D eigenvalue weighted by Gasteiger charge is 2.41. The van der Waals surface area contributed by atoms with Gasteiger partial charge in [-0.05, 0) is 44.7 Å². The number of esters is 1. The van der Waals surface area contributed by atoms with Gasteiger partial charge >= 0.3 is 5.97 Å². The van der Waals surface area contributed by atoms with Crippen LogP contribution in [0, 0.1) is 12.8 Å². The zero-order chi connectivity index (χ0) is 13.2. The van der Waals surface area contributed by atoms with E-state index in [9.17, 15) is 4.79 Å². The molecular weight excluding hydrogens is 226 g/mol. The second kappa shape index (κ2) is 5.11. The predicted molar refractivity (Wildman–Crippen MR) is 71.4 cm³/mol. The minimum atomic E-state index is -0.510. The fraction of sp³-hybridized carbons (Fsp3) is 0.533. The summed E-state index contributed by atoms with van der Waals surface area (Å²) in [6, 6.07) is 8.61. The van der Waals surface area contributed by atoms with Gasteiger partial charge in [-0.15, -0.1) is 0 Å². The number of hydrogen-bond donors (Lipinski definition) is 1. The van der Waals surface area contributed by atoms with Gasteiger partial charge in [0.05, 0.1) is 7.11 Å². The molecule has 0 spiro atoms. The van der Waals surface area contributed by atoms with Crippen molar-refractivity contribution in [3.8, 4) is 0 Å². The quantitative estimate of drug-likeness (QED) is 0.831. The maximum absolute atomic E-state index is 11.7. The SMILES string of the molecule is COC(=O)C1(C)CC(Cc2ccc(C)cc2)CN1. The van der Waals surface area contributed by atoms with E-state index in [1.165, 1.54) is 18.2 Å². The van der Waals surface area contributed by atoms with Crippen molar-refractivity contribution in [1.82, 2.24) is 5.32 Å². The maximum atomic E-state index is 11.7. The summed E-state index contributed by atoms with van der Waals surface area (Å²) < 4.78 is 4.85. The van der Waals surface area contributed by atoms with E-state index in [-0.39, 0.29) is 5.97 Å². The summed E-state index contributed by atoms with van der Waals surface area (Å²) in [5, 5.41) is 3.29. The lowest BCUT2D eigenvalue weighted by atomic mass is 9.90. The molecule has 1 aliphatic rings. The number of benzene rings is 1. The molecule has 1 N–H and O–H groups in total. The van der Waals surface area contributed by atoms with Crippen LogP contribution in [0.4, 0.5) is 0 Å². The lowest BCUT2D eigenvalue weighted by Crippen LogP contribution is -2.45. The molecule has 3 heteroatoms. The van der Waals surface area contributed by atoms with E-state index in [2.05, 4.69) is 36.5 Å². The lowest BCUT2D eigenvalue weighted by Gasteiger charge is -2.20. The first kappa shape index (κ1) is 13.1. The summed E-state index contributed by atoms with van der Waals surface area (Å²) >= 11 is 0. The Bertz CT molecular complexity index is 427. The lowest BCUT2D eigenvalue weighted by molar-refractivity contribution is -0.147. The average Bonchev–Trinajstić information content (AvgIpc) is 2.74. The smallest absolute Gasteiger partial charge is 0.325 e. The fourth-order valence-corrected chi connectivity index (χ4v) is 2.67. The summed E-state index contributed by atoms with van der Waals surface area (Å²) in [6.45, 7) is 4.89. The minimum absolute atomic E-state index is 0.158. The highest BCUT2D eigenvalue weighted by molar-refractivity contribution is 5.80. The predicted octanol–water partition coefficient (Wildman–Crippen LogP) is 2.08. The molecule has 2 unspecified atom stereocenters. The Balaban J connectivity index is 1.97. The Morgan fingerprint density at radius 1 is 1.44 bits per heavy atom. The Labute approximate surface area is 109 Å². The first-order valence-electron chi connectivity index (χ1n) is 6.42. The Hall–Kier alpha value is -1.35. The summed E-state index contributed by atoms with van der Waals surface area (Å²) in [5.41, 5.74) is 2.11. The molecule has 0 amide bonds. The minimum Gasteiger partial charge on any atom is -0.468 e. The molecule has 0 bridgehead atoms. The largest absolute Gasteiger partial charge is 0.468 e. The van der Waals surface area contributed by atoms with Gasteiger partial charge in [-0.25, -0.2) is 0 Å². The topological polar surface area (TPSA) is 38.3 Å². The summed E-state index contributed by atoms with van der Waals surface area (Å²) in [4.78, 5) is 11.7. The van der Waals surface area contributed by atoms with Crippen molar-refractivity contribution in [3.63, 3.8) is 0 Å². The molecule has 1 aliphatic heterocycles. The van der Waals surface area contributed by atoms with Gasteiger partial charge in [-0.1, -0.05) is 29.8 Å². The molecule has 98 valence electrons. The van der Waals surface area contributed by atoms with E-state index < -0.39 is 5.54 Å². The standard InChI is InChI=1S/C15H21NO2/c1-11-4-6-12(7-5-11)8-13-9-15(2,16-10-13)14(17)18-3/h4-7,13,16H,8-10H2,1-3H3. The zero-order valence-electron chi connectivity index (χ0n) is 11.3. The number of nitrogens with one attached hydrogen (secondary N) is 1. The van der Waals surface area contributed by atoms with Gasteiger partial charge in [0.1, 0.15) is 5.54 Å². The second-order valence-electron chi connectivity index (χ2n) is 5.46. The van der Waals surface area contributed by atoms with Crippen LogP contribution in [-0.4, -0.2) is 25.2 Å². The summed E-state index contributed by atoms with van der Waals surface area (Å²) in [7, 11) is 1.45. The fourth-order valence-electron chi connectivity index (χ4n) is 2.67. The van der Waals surface area contributed by atoms with Crippen molar-refractivity contribution in [1.29, 1.82) is 0 Å². The van der Waals surface area contributed by atoms with Gasteiger partial charge in [0.25, 0.3) is 0 Å². The molecular formula is C15H21NO2. The van der Waals surface area contributed by atoms with E-state index in [1.807, 2.05) is 6.92 Å². The number of ether oxygens (including phenoxy) is 1. The van der Waals surface area contributed by atoms with Gasteiger partial charge in [-0.2, -0.15) is 0 Å². The molecule has 0 aromatic heterocycles. The number of carbonyl (C=O) groups excluding carboxylic acids is 1. The number of aryl methyl sites for hydroxylation is 1. The van der Waals surface area contributed by atoms with Gasteiger partial charge in [0, 0.05) is 0 Å². The molecule has 0 saturated carbocycles. The average molecular weight is 247 g/mol. The molecule has 18 heavy (non-hydrogen) atoms. The normalized spacial score (nSPS) is 27.2. The van der Waals surface area contributed by atoms with Crippen molar-refractivity contribution in [2.24, 2.45) is 5.92 Å². The molecule has 0 radical (unpaired) electrons. The number of carbonyl (C=O) groups is 1. The number of hydrogen-bond acceptors (Lipinski definition) is 3. The van der Waals surface area contributed by atoms with E-state index >= 15 is 0 Å². The van der Waals surface area contributed by atoms with E-state index in [4.69, 9.17) is 4.74 Å². The highest BCUT2D eigenvalue weighted by Crippen LogP contribution is 2.27. The van der Waals surface area contributed by atoms with Crippen molar-refractivity contribution < 1.29 is 9.53 Å². The molecule has 1 saturated heterocycles. The van der Waals surface area contributed by atoms with Crippen molar-refractivity contribution >= 4 is 5.97 Å². The van der Waals surface area contributed by atoms with Gasteiger partial charge in [0.15, 0.2) is 0 Å². The van der Waals surface area contributed by atoms with Gasteiger partial charge in [0.2, 0.25) is 0 Å². The van der Waals surface area contributed by atoms with Crippen LogP contribution in [0.15, 0.2) is 24.3 Å². The third kappa shape index (κ3) is 2.72. The van der Waals surface area contributed by atoms with Crippen molar-refractivity contribution in [2.75, 3.05) is 13.7 Å². The van der Waals surface area contributed by atoms with Crippen LogP contribution in [0.5, 0.6) is 0 Å². The third-order valence-corrected chi connectivity index (χ3v) is 3.76. The Kier molecular flexibility index (Phi) is 3.71. The zero-order valence-corrected chi connectivity index (χ0v) is 11.3. The number of rotatable bonds is 3. The molecule has 0 aliphatic carbocycles. The summed E-state index contributed by atoms with van der Waals surface area (Å²) in [6.07, 6.45) is 1.85. The third-order valence-electron chi connectivity index (χ3n) is 3.76. The van der Waals surface area contributed by atoms with Crippen LogP contribution in [-0.2, 0) is 16.0 Å². The van der Waals surface area contributed by atoms with E-state index in [1.54, 1.807) is 0 Å². The molecule has 2 atom stereocenters. The Morgan fingerprint density at radius 3 is 2.72 bits per heavy atom. The van der Waals surface area contributed by atoms with Crippen LogP contribution in [0.2, 0.25) is 0 Å². The van der Waals surface area contributed by atoms with Crippen LogP contribution in [0.25, 0.3) is 0 Å². The molecule has 3 nitrogen and oxygen atoms in total. The van der Waals surface area contributed by atoms with Crippen LogP contribution in [0.3, 0.4) is 0 Å². The molecule has 1 aromatic carbocycles.